The summed E-state index contributed by atoms with van der Waals surface area (Å²) >= 11 is 0. The lowest BCUT2D eigenvalue weighted by molar-refractivity contribution is -0.292. The van der Waals surface area contributed by atoms with E-state index in [0.717, 1.165) is 0 Å². The lowest BCUT2D eigenvalue weighted by Gasteiger charge is -2.20. The van der Waals surface area contributed by atoms with Gasteiger partial charge in [-0.1, -0.05) is 0 Å². The molecule has 0 aromatic rings. The Morgan fingerprint density at radius 3 is 1.05 bits per heavy atom. The van der Waals surface area contributed by atoms with Crippen LogP contribution in [0.4, 0.5) is 43.9 Å². The summed E-state index contributed by atoms with van der Waals surface area (Å²) < 4.78 is 120. The third-order valence-electron chi connectivity index (χ3n) is 1.51. The van der Waals surface area contributed by atoms with Crippen LogP contribution in [0.1, 0.15) is 0 Å². The Morgan fingerprint density at radius 1 is 0.682 bits per heavy atom. The number of rotatable bonds is 2. The van der Waals surface area contributed by atoms with E-state index >= 15 is 0 Å². The van der Waals surface area contributed by atoms with Crippen molar-refractivity contribution in [2.24, 2.45) is 9.77 Å². The summed E-state index contributed by atoms with van der Waals surface area (Å²) in [5, 5.41) is 0. The van der Waals surface area contributed by atoms with Gasteiger partial charge in [0.2, 0.25) is 0 Å². The van der Waals surface area contributed by atoms with E-state index in [0.29, 0.717) is 8.88 Å². The zero-order valence-corrected chi connectivity index (χ0v) is 10.4. The van der Waals surface area contributed by atoms with Gasteiger partial charge in [0.05, 0.1) is 0 Å². The minimum absolute atomic E-state index is 0.583. The number of carbonyl (C=O) groups is 2. The Morgan fingerprint density at radius 2 is 0.909 bits per heavy atom. The number of hydrogen-bond donors (Lipinski definition) is 0. The average Bonchev–Trinajstić information content (AvgIpc) is 3.12. The molecular formula is C6HF10N2O3P. The zero-order valence-electron chi connectivity index (χ0n) is 9.40. The summed E-state index contributed by atoms with van der Waals surface area (Å²) in [5.41, 5.74) is 0. The lowest BCUT2D eigenvalue weighted by Crippen LogP contribution is -2.51. The highest BCUT2D eigenvalue weighted by molar-refractivity contribution is 7.39. The number of carbonyl (C=O) groups excluding carboxylic acids is 2. The van der Waals surface area contributed by atoms with Crippen molar-refractivity contribution >= 4 is 20.8 Å². The van der Waals surface area contributed by atoms with Crippen molar-refractivity contribution in [3.63, 3.8) is 0 Å². The van der Waals surface area contributed by atoms with Crippen LogP contribution in [0.25, 0.3) is 0 Å². The standard InChI is InChI=1S/C6F10O3.HN2P/c7-3(8,5(11,12)13)1(17)19-2(18)4(9,10)6(14,15)16;1-2-3-1/h;3H. The van der Waals surface area contributed by atoms with Crippen LogP contribution in [0.2, 0.25) is 0 Å². The molecule has 0 fully saturated rings. The first-order valence-electron chi connectivity index (χ1n) is 4.35. The normalized spacial score (nSPS) is 14.8. The third-order valence-corrected chi connectivity index (χ3v) is 1.71. The fourth-order valence-electron chi connectivity index (χ4n) is 0.444. The van der Waals surface area contributed by atoms with Gasteiger partial charge in [0.1, 0.15) is 0 Å². The topological polar surface area (TPSA) is 68.1 Å². The maximum Gasteiger partial charge on any atom is 0.465 e. The van der Waals surface area contributed by atoms with Gasteiger partial charge in [-0.15, -0.1) is 9.77 Å². The van der Waals surface area contributed by atoms with Gasteiger partial charge in [0.15, 0.2) is 8.88 Å². The van der Waals surface area contributed by atoms with Crippen molar-refractivity contribution < 1.29 is 58.2 Å². The molecule has 0 saturated heterocycles. The number of hydrogen-bond acceptors (Lipinski definition) is 5. The van der Waals surface area contributed by atoms with Gasteiger partial charge in [0.25, 0.3) is 0 Å². The number of nitrogens with zero attached hydrogens (tertiary/aromatic N) is 2. The molecule has 0 amide bonds. The SMILES string of the molecule is N1=NP1.O=C(OC(=O)C(F)(F)C(F)(F)F)C(F)(F)C(F)(F)F. The van der Waals surface area contributed by atoms with E-state index in [1.54, 1.807) is 0 Å². The van der Waals surface area contributed by atoms with E-state index < -0.39 is 36.1 Å². The molecule has 22 heavy (non-hydrogen) atoms. The highest BCUT2D eigenvalue weighted by Gasteiger charge is 2.69. The van der Waals surface area contributed by atoms with Crippen LogP contribution in [-0.2, 0) is 14.3 Å². The first-order chi connectivity index (χ1) is 9.55. The molecule has 16 heteroatoms. The van der Waals surface area contributed by atoms with E-state index in [2.05, 4.69) is 14.5 Å². The van der Waals surface area contributed by atoms with E-state index in [-0.39, 0.29) is 0 Å². The lowest BCUT2D eigenvalue weighted by atomic mass is 10.3. The summed E-state index contributed by atoms with van der Waals surface area (Å²) in [7, 11) is 0.583. The minimum atomic E-state index is -6.63. The minimum Gasteiger partial charge on any atom is -0.384 e. The Hall–Kier alpha value is -1.53. The second-order valence-corrected chi connectivity index (χ2v) is 3.72. The molecule has 0 aromatic heterocycles. The number of ether oxygens (including phenoxy) is 1. The molecule has 0 spiro atoms. The number of halogens is 10. The van der Waals surface area contributed by atoms with E-state index in [4.69, 9.17) is 0 Å². The molecule has 0 unspecified atom stereocenters. The van der Waals surface area contributed by atoms with Crippen LogP contribution in [0.5, 0.6) is 0 Å². The molecule has 0 saturated carbocycles. The highest BCUT2D eigenvalue weighted by atomic mass is 31.1. The second-order valence-electron chi connectivity index (χ2n) is 3.12. The molecule has 1 aliphatic heterocycles. The van der Waals surface area contributed by atoms with E-state index in [1.807, 2.05) is 0 Å². The van der Waals surface area contributed by atoms with Gasteiger partial charge < -0.3 is 4.74 Å². The Kier molecular flexibility index (Phi) is 5.86. The van der Waals surface area contributed by atoms with Gasteiger partial charge in [0, 0.05) is 0 Å². The van der Waals surface area contributed by atoms with Gasteiger partial charge in [-0.25, -0.2) is 9.59 Å². The van der Waals surface area contributed by atoms with Crippen molar-refractivity contribution in [1.29, 1.82) is 0 Å². The Balaban J connectivity index is 0.00000129. The Labute approximate surface area is 114 Å². The van der Waals surface area contributed by atoms with Crippen molar-refractivity contribution in [1.82, 2.24) is 0 Å². The van der Waals surface area contributed by atoms with Crippen molar-refractivity contribution in [2.75, 3.05) is 0 Å². The van der Waals surface area contributed by atoms with Crippen LogP contribution >= 0.6 is 8.88 Å². The number of esters is 2. The monoisotopic (exact) mass is 370 g/mol. The molecule has 0 atom stereocenters. The summed E-state index contributed by atoms with van der Waals surface area (Å²) in [4.78, 5) is 27.0. The molecular weight excluding hydrogens is 369 g/mol. The molecule has 0 N–H and O–H groups in total. The van der Waals surface area contributed by atoms with Gasteiger partial charge in [-0.05, 0) is 0 Å². The van der Waals surface area contributed by atoms with Crippen molar-refractivity contribution in [3.8, 4) is 0 Å². The molecule has 0 bridgehead atoms. The summed E-state index contributed by atoms with van der Waals surface area (Å²) in [6.45, 7) is 0. The summed E-state index contributed by atoms with van der Waals surface area (Å²) in [5.74, 6) is -20.6. The molecule has 0 aromatic carbocycles. The molecule has 1 rings (SSSR count). The van der Waals surface area contributed by atoms with Crippen LogP contribution < -0.4 is 0 Å². The summed E-state index contributed by atoms with van der Waals surface area (Å²) in [6.07, 6.45) is -13.3. The molecule has 128 valence electrons. The average molecular weight is 370 g/mol. The highest BCUT2D eigenvalue weighted by Crippen LogP contribution is 2.39. The second kappa shape index (κ2) is 6.30. The zero-order chi connectivity index (χ0) is 18.0. The fourth-order valence-corrected chi connectivity index (χ4v) is 0.444. The van der Waals surface area contributed by atoms with E-state index in [1.165, 1.54) is 0 Å². The molecule has 5 nitrogen and oxygen atoms in total. The molecule has 0 radical (unpaired) electrons. The first-order valence-corrected chi connectivity index (χ1v) is 5.25. The van der Waals surface area contributed by atoms with Crippen LogP contribution in [-0.4, -0.2) is 36.1 Å². The van der Waals surface area contributed by atoms with Crippen LogP contribution in [0, 0.1) is 0 Å². The third kappa shape index (κ3) is 5.03. The van der Waals surface area contributed by atoms with Crippen molar-refractivity contribution in [3.05, 3.63) is 0 Å². The quantitative estimate of drug-likeness (QED) is 0.324. The van der Waals surface area contributed by atoms with E-state index in [9.17, 15) is 53.5 Å². The summed E-state index contributed by atoms with van der Waals surface area (Å²) in [6, 6.07) is 0. The maximum absolute atomic E-state index is 12.1. The van der Waals surface area contributed by atoms with Crippen molar-refractivity contribution in [2.45, 2.75) is 24.2 Å². The number of alkyl halides is 10. The largest absolute Gasteiger partial charge is 0.465 e. The van der Waals surface area contributed by atoms with Gasteiger partial charge in [-0.2, -0.15) is 43.9 Å². The van der Waals surface area contributed by atoms with Gasteiger partial charge in [-0.3, -0.25) is 0 Å². The predicted molar refractivity (Wildman–Crippen MR) is 46.3 cm³/mol. The molecule has 0 aliphatic carbocycles. The molecule has 1 aliphatic rings. The van der Waals surface area contributed by atoms with Crippen LogP contribution in [0.3, 0.4) is 0 Å². The smallest absolute Gasteiger partial charge is 0.384 e. The van der Waals surface area contributed by atoms with Crippen LogP contribution in [0.15, 0.2) is 9.77 Å². The fraction of sp³-hybridized carbons (Fsp3) is 0.667. The maximum atomic E-state index is 12.1. The molecule has 1 heterocycles. The van der Waals surface area contributed by atoms with Gasteiger partial charge >= 0.3 is 36.1 Å². The Bertz CT molecular complexity index is 430. The predicted octanol–water partition coefficient (Wildman–Crippen LogP) is 3.41. The first kappa shape index (κ1) is 20.5.